The summed E-state index contributed by atoms with van der Waals surface area (Å²) in [6.07, 6.45) is 0. The van der Waals surface area contributed by atoms with Gasteiger partial charge in [0.2, 0.25) is 0 Å². The Balaban J connectivity index is 1.86. The number of carbonyl (C=O) groups excluding carboxylic acids is 1. The molecule has 0 aliphatic rings. The van der Waals surface area contributed by atoms with Crippen molar-refractivity contribution in [3.05, 3.63) is 51.4 Å². The summed E-state index contributed by atoms with van der Waals surface area (Å²) in [7, 11) is 0. The highest BCUT2D eigenvalue weighted by atomic mass is 79.9. The molecule has 3 aromatic rings. The minimum absolute atomic E-state index is 0.117. The molecule has 96 valence electrons. The second-order valence-corrected chi connectivity index (χ2v) is 6.16. The third kappa shape index (κ3) is 2.43. The van der Waals surface area contributed by atoms with Crippen LogP contribution in [0.1, 0.15) is 16.1 Å². The van der Waals surface area contributed by atoms with E-state index in [2.05, 4.69) is 26.2 Å². The maximum Gasteiger partial charge on any atom is 0.272 e. The van der Waals surface area contributed by atoms with Crippen molar-refractivity contribution in [2.24, 2.45) is 0 Å². The van der Waals surface area contributed by atoms with E-state index >= 15 is 0 Å². The number of aromatic nitrogens is 1. The number of rotatable bonds is 2. The summed E-state index contributed by atoms with van der Waals surface area (Å²) in [4.78, 5) is 15.3. The van der Waals surface area contributed by atoms with Crippen molar-refractivity contribution in [1.29, 1.82) is 0 Å². The van der Waals surface area contributed by atoms with E-state index in [0.717, 1.165) is 25.9 Å². The molecule has 0 bridgehead atoms. The Morgan fingerprint density at radius 1 is 1.32 bits per heavy atom. The maximum atomic E-state index is 12.2. The lowest BCUT2D eigenvalue weighted by atomic mass is 10.2. The number of hydrogen-bond donors (Lipinski definition) is 2. The van der Waals surface area contributed by atoms with E-state index in [1.165, 1.54) is 0 Å². The molecule has 0 saturated carbocycles. The van der Waals surface area contributed by atoms with Crippen molar-refractivity contribution in [3.63, 3.8) is 0 Å². The average molecular weight is 335 g/mol. The molecule has 1 aromatic carbocycles. The van der Waals surface area contributed by atoms with Crippen molar-refractivity contribution in [3.8, 4) is 0 Å². The van der Waals surface area contributed by atoms with Crippen LogP contribution in [0.15, 0.2) is 40.2 Å². The Labute approximate surface area is 122 Å². The third-order valence-electron chi connectivity index (χ3n) is 2.92. The minimum atomic E-state index is -0.117. The van der Waals surface area contributed by atoms with E-state index in [9.17, 15) is 4.79 Å². The molecule has 5 heteroatoms. The van der Waals surface area contributed by atoms with Crippen LogP contribution in [0.3, 0.4) is 0 Å². The van der Waals surface area contributed by atoms with Gasteiger partial charge in [-0.1, -0.05) is 15.9 Å². The number of hydrogen-bond acceptors (Lipinski definition) is 2. The SMILES string of the molecule is Cc1cc(Br)ccc1NC(=O)c1cc2sccc2[nH]1. The van der Waals surface area contributed by atoms with E-state index in [-0.39, 0.29) is 5.91 Å². The molecule has 0 unspecified atom stereocenters. The van der Waals surface area contributed by atoms with Crippen molar-refractivity contribution >= 4 is 49.1 Å². The molecule has 0 fully saturated rings. The van der Waals surface area contributed by atoms with Gasteiger partial charge < -0.3 is 10.3 Å². The molecule has 3 nitrogen and oxygen atoms in total. The van der Waals surface area contributed by atoms with Crippen LogP contribution in [0.25, 0.3) is 10.2 Å². The van der Waals surface area contributed by atoms with Gasteiger partial charge in [-0.15, -0.1) is 11.3 Å². The number of nitrogens with one attached hydrogen (secondary N) is 2. The van der Waals surface area contributed by atoms with Crippen molar-refractivity contribution in [1.82, 2.24) is 4.98 Å². The molecular formula is C14H11BrN2OS. The first kappa shape index (κ1) is 12.4. The normalized spacial score (nSPS) is 10.8. The number of carbonyl (C=O) groups is 1. The lowest BCUT2D eigenvalue weighted by molar-refractivity contribution is 0.102. The molecule has 0 aliphatic carbocycles. The van der Waals surface area contributed by atoms with E-state index < -0.39 is 0 Å². The zero-order valence-corrected chi connectivity index (χ0v) is 12.6. The van der Waals surface area contributed by atoms with Crippen LogP contribution >= 0.6 is 27.3 Å². The van der Waals surface area contributed by atoms with Crippen molar-refractivity contribution in [2.45, 2.75) is 6.92 Å². The molecule has 1 amide bonds. The Morgan fingerprint density at radius 3 is 2.89 bits per heavy atom. The largest absolute Gasteiger partial charge is 0.350 e. The molecule has 0 aliphatic heterocycles. The maximum absolute atomic E-state index is 12.2. The van der Waals surface area contributed by atoms with Gasteiger partial charge in [-0.2, -0.15) is 0 Å². The van der Waals surface area contributed by atoms with Gasteiger partial charge in [-0.3, -0.25) is 4.79 Å². The Morgan fingerprint density at radius 2 is 2.16 bits per heavy atom. The number of halogens is 1. The van der Waals surface area contributed by atoms with Crippen LogP contribution in [0, 0.1) is 6.92 Å². The highest BCUT2D eigenvalue weighted by Gasteiger charge is 2.11. The van der Waals surface area contributed by atoms with Crippen LogP contribution in [0.5, 0.6) is 0 Å². The van der Waals surface area contributed by atoms with Gasteiger partial charge in [0.1, 0.15) is 5.69 Å². The molecular weight excluding hydrogens is 324 g/mol. The van der Waals surface area contributed by atoms with Gasteiger partial charge in [0.05, 0.1) is 10.2 Å². The zero-order valence-electron chi connectivity index (χ0n) is 10.2. The van der Waals surface area contributed by atoms with E-state index in [4.69, 9.17) is 0 Å². The topological polar surface area (TPSA) is 44.9 Å². The number of aryl methyl sites for hydroxylation is 1. The number of H-pyrrole nitrogens is 1. The second kappa shape index (κ2) is 4.83. The molecule has 0 atom stereocenters. The number of benzene rings is 1. The standard InChI is InChI=1S/C14H11BrN2OS/c1-8-6-9(15)2-3-10(8)17-14(18)12-7-13-11(16-12)4-5-19-13/h2-7,16H,1H3,(H,17,18). The predicted octanol–water partition coefficient (Wildman–Crippen LogP) is 4.55. The molecule has 0 saturated heterocycles. The summed E-state index contributed by atoms with van der Waals surface area (Å²) in [6.45, 7) is 1.97. The van der Waals surface area contributed by atoms with Crippen LogP contribution in [0.2, 0.25) is 0 Å². The van der Waals surface area contributed by atoms with Crippen molar-refractivity contribution < 1.29 is 4.79 Å². The van der Waals surface area contributed by atoms with Crippen molar-refractivity contribution in [2.75, 3.05) is 5.32 Å². The lowest BCUT2D eigenvalue weighted by Gasteiger charge is -2.07. The highest BCUT2D eigenvalue weighted by Crippen LogP contribution is 2.23. The predicted molar refractivity (Wildman–Crippen MR) is 83.0 cm³/mol. The zero-order chi connectivity index (χ0) is 13.4. The molecule has 19 heavy (non-hydrogen) atoms. The summed E-state index contributed by atoms with van der Waals surface area (Å²) >= 11 is 5.03. The fourth-order valence-electron chi connectivity index (χ4n) is 1.93. The molecule has 2 aromatic heterocycles. The van der Waals surface area contributed by atoms with Crippen LogP contribution < -0.4 is 5.32 Å². The minimum Gasteiger partial charge on any atom is -0.350 e. The third-order valence-corrected chi connectivity index (χ3v) is 4.28. The fraction of sp³-hybridized carbons (Fsp3) is 0.0714. The Bertz CT molecular complexity index is 731. The molecule has 0 radical (unpaired) electrons. The van der Waals surface area contributed by atoms with Gasteiger partial charge in [-0.05, 0) is 48.2 Å². The molecule has 0 spiro atoms. The first-order valence-corrected chi connectivity index (χ1v) is 7.44. The molecule has 3 rings (SSSR count). The first-order chi connectivity index (χ1) is 9.13. The first-order valence-electron chi connectivity index (χ1n) is 5.77. The number of amides is 1. The number of fused-ring (bicyclic) bond motifs is 1. The number of anilines is 1. The molecule has 2 N–H and O–H groups in total. The van der Waals surface area contributed by atoms with E-state index in [1.807, 2.05) is 42.6 Å². The van der Waals surface area contributed by atoms with Crippen LogP contribution in [0.4, 0.5) is 5.69 Å². The average Bonchev–Trinajstić information content (AvgIpc) is 2.93. The Kier molecular flexibility index (Phi) is 3.16. The van der Waals surface area contributed by atoms with Gasteiger partial charge in [-0.25, -0.2) is 0 Å². The van der Waals surface area contributed by atoms with E-state index in [1.54, 1.807) is 11.3 Å². The summed E-state index contributed by atoms with van der Waals surface area (Å²) < 4.78 is 2.10. The summed E-state index contributed by atoms with van der Waals surface area (Å²) in [5.74, 6) is -0.117. The lowest BCUT2D eigenvalue weighted by Crippen LogP contribution is -2.13. The molecule has 2 heterocycles. The Hall–Kier alpha value is -1.59. The van der Waals surface area contributed by atoms with Crippen LogP contribution in [-0.2, 0) is 0 Å². The highest BCUT2D eigenvalue weighted by molar-refractivity contribution is 9.10. The van der Waals surface area contributed by atoms with E-state index in [0.29, 0.717) is 5.69 Å². The van der Waals surface area contributed by atoms with Gasteiger partial charge >= 0.3 is 0 Å². The van der Waals surface area contributed by atoms with Gasteiger partial charge in [0.15, 0.2) is 0 Å². The fourth-order valence-corrected chi connectivity index (χ4v) is 3.19. The second-order valence-electron chi connectivity index (χ2n) is 4.29. The van der Waals surface area contributed by atoms with Crippen LogP contribution in [-0.4, -0.2) is 10.9 Å². The van der Waals surface area contributed by atoms with Gasteiger partial charge in [0, 0.05) is 10.2 Å². The monoisotopic (exact) mass is 334 g/mol. The van der Waals surface area contributed by atoms with Gasteiger partial charge in [0.25, 0.3) is 5.91 Å². The smallest absolute Gasteiger partial charge is 0.272 e. The summed E-state index contributed by atoms with van der Waals surface area (Å²) in [5.41, 5.74) is 3.44. The quantitative estimate of drug-likeness (QED) is 0.709. The summed E-state index contributed by atoms with van der Waals surface area (Å²) in [5, 5.41) is 4.92. The number of aromatic amines is 1. The number of thiophene rings is 1. The summed E-state index contributed by atoms with van der Waals surface area (Å²) in [6, 6.07) is 9.63.